The van der Waals surface area contributed by atoms with Crippen molar-refractivity contribution in [2.75, 3.05) is 5.32 Å². The van der Waals surface area contributed by atoms with E-state index in [0.29, 0.717) is 0 Å². The number of nitro benzene ring substituents is 2. The fourth-order valence-corrected chi connectivity index (χ4v) is 3.45. The molecule has 0 saturated heterocycles. The van der Waals surface area contributed by atoms with E-state index in [1.54, 1.807) is 0 Å². The molecule has 1 N–H and O–H groups in total. The summed E-state index contributed by atoms with van der Waals surface area (Å²) in [5.74, 6) is 0. The molecule has 0 aliphatic heterocycles. The van der Waals surface area contributed by atoms with Crippen molar-refractivity contribution in [3.8, 4) is 0 Å². The van der Waals surface area contributed by atoms with Crippen LogP contribution in [0.25, 0.3) is 0 Å². The lowest BCUT2D eigenvalue weighted by atomic mass is 10.0. The molecule has 0 fully saturated rings. The smallest absolute Gasteiger partial charge is 0.348 e. The molecule has 180 valence electrons. The third kappa shape index (κ3) is 5.40. The SMILES string of the molecule is O=[N+]([O-])c1cc([N+](=O)[O-])c(Nc2c(Br)cc(C(F)(F)F)c(Cl)c2C(F)(F)F)c(C(F)(F)F)c1. The van der Waals surface area contributed by atoms with Gasteiger partial charge in [-0.3, -0.25) is 20.2 Å². The van der Waals surface area contributed by atoms with Crippen molar-refractivity contribution in [3.63, 3.8) is 0 Å². The fraction of sp³-hybridized carbons (Fsp3) is 0.200. The number of anilines is 2. The van der Waals surface area contributed by atoms with Gasteiger partial charge >= 0.3 is 18.5 Å². The number of benzene rings is 2. The third-order valence-corrected chi connectivity index (χ3v) is 4.89. The minimum absolute atomic E-state index is 0.0182. The van der Waals surface area contributed by atoms with E-state index < -0.39 is 77.3 Å². The molecule has 2 rings (SSSR count). The summed E-state index contributed by atoms with van der Waals surface area (Å²) in [5.41, 5.74) is -12.7. The number of nitrogens with one attached hydrogen (secondary N) is 1. The van der Waals surface area contributed by atoms with Crippen LogP contribution in [0.3, 0.4) is 0 Å². The zero-order chi connectivity index (χ0) is 25.7. The topological polar surface area (TPSA) is 98.3 Å². The van der Waals surface area contributed by atoms with Gasteiger partial charge in [-0.05, 0) is 22.0 Å². The molecule has 0 aliphatic rings. The average molecular weight is 577 g/mol. The molecule has 0 radical (unpaired) electrons. The van der Waals surface area contributed by atoms with Gasteiger partial charge in [0.1, 0.15) is 5.69 Å². The van der Waals surface area contributed by atoms with Crippen LogP contribution in [0.2, 0.25) is 5.02 Å². The van der Waals surface area contributed by atoms with E-state index in [9.17, 15) is 59.7 Å². The molecule has 0 atom stereocenters. The molecule has 0 spiro atoms. The van der Waals surface area contributed by atoms with E-state index in [-0.39, 0.29) is 18.2 Å². The number of hydrogen-bond acceptors (Lipinski definition) is 5. The van der Waals surface area contributed by atoms with Gasteiger partial charge in [0.05, 0.1) is 43.3 Å². The highest BCUT2D eigenvalue weighted by atomic mass is 79.9. The molecule has 0 aromatic heterocycles. The molecule has 7 nitrogen and oxygen atoms in total. The lowest BCUT2D eigenvalue weighted by Gasteiger charge is -2.22. The standard InChI is InChI=1S/C15H4BrClF9N3O4/c16-7-3-5(13(18,19)20)10(17)9(15(24,25)26)12(7)27-11-6(14(21,22)23)1-4(28(30)31)2-8(11)29(32)33/h1-3,27H. The van der Waals surface area contributed by atoms with Gasteiger partial charge in [0.25, 0.3) is 11.4 Å². The molecule has 0 amide bonds. The second-order valence-electron chi connectivity index (χ2n) is 5.99. The van der Waals surface area contributed by atoms with Crippen LogP contribution in [0.15, 0.2) is 22.7 Å². The minimum Gasteiger partial charge on any atom is -0.348 e. The predicted molar refractivity (Wildman–Crippen MR) is 97.2 cm³/mol. The van der Waals surface area contributed by atoms with Crippen molar-refractivity contribution in [2.24, 2.45) is 0 Å². The maximum Gasteiger partial charge on any atom is 0.419 e. The molecule has 2 aromatic rings. The Hall–Kier alpha value is -2.82. The summed E-state index contributed by atoms with van der Waals surface area (Å²) >= 11 is 7.64. The molecule has 0 bridgehead atoms. The van der Waals surface area contributed by atoms with E-state index in [2.05, 4.69) is 15.9 Å². The van der Waals surface area contributed by atoms with Crippen LogP contribution in [0, 0.1) is 20.2 Å². The molecule has 33 heavy (non-hydrogen) atoms. The molecule has 0 unspecified atom stereocenters. The van der Waals surface area contributed by atoms with Gasteiger partial charge in [-0.15, -0.1) is 0 Å². The van der Waals surface area contributed by atoms with Crippen LogP contribution in [0.5, 0.6) is 0 Å². The fourth-order valence-electron chi connectivity index (χ4n) is 2.56. The van der Waals surface area contributed by atoms with Gasteiger partial charge in [-0.2, -0.15) is 39.5 Å². The first-order chi connectivity index (χ1) is 14.8. The lowest BCUT2D eigenvalue weighted by Crippen LogP contribution is -2.17. The van der Waals surface area contributed by atoms with Crippen molar-refractivity contribution in [1.29, 1.82) is 0 Å². The maximum absolute atomic E-state index is 13.6. The number of alkyl halides is 9. The third-order valence-electron chi connectivity index (χ3n) is 3.87. The summed E-state index contributed by atoms with van der Waals surface area (Å²) in [5, 5.41) is 21.6. The summed E-state index contributed by atoms with van der Waals surface area (Å²) < 4.78 is 119. The first-order valence-electron chi connectivity index (χ1n) is 7.74. The number of rotatable bonds is 4. The second kappa shape index (κ2) is 8.51. The average Bonchev–Trinajstić information content (AvgIpc) is 2.60. The zero-order valence-electron chi connectivity index (χ0n) is 14.9. The molecule has 0 aliphatic carbocycles. The number of hydrogen-bond donors (Lipinski definition) is 1. The van der Waals surface area contributed by atoms with Crippen molar-refractivity contribution < 1.29 is 49.4 Å². The van der Waals surface area contributed by atoms with Crippen LogP contribution in [-0.2, 0) is 18.5 Å². The summed E-state index contributed by atoms with van der Waals surface area (Å²) in [6.45, 7) is 0. The van der Waals surface area contributed by atoms with E-state index in [0.717, 1.165) is 0 Å². The van der Waals surface area contributed by atoms with Crippen LogP contribution in [0.1, 0.15) is 16.7 Å². The Labute approximate surface area is 188 Å². The first kappa shape index (κ1) is 26.4. The van der Waals surface area contributed by atoms with Gasteiger partial charge in [-0.25, -0.2) is 0 Å². The number of nitrogens with zero attached hydrogens (tertiary/aromatic N) is 2. The first-order valence-corrected chi connectivity index (χ1v) is 8.91. The Morgan fingerprint density at radius 2 is 1.30 bits per heavy atom. The largest absolute Gasteiger partial charge is 0.419 e. The molecule has 18 heteroatoms. The predicted octanol–water partition coefficient (Wildman–Crippen LogP) is 7.72. The quantitative estimate of drug-likeness (QED) is 0.228. The highest BCUT2D eigenvalue weighted by Gasteiger charge is 2.45. The normalized spacial score (nSPS) is 12.6. The number of non-ortho nitro benzene ring substituents is 1. The lowest BCUT2D eigenvalue weighted by molar-refractivity contribution is -0.394. The zero-order valence-corrected chi connectivity index (χ0v) is 17.3. The van der Waals surface area contributed by atoms with Gasteiger partial charge in [0.2, 0.25) is 0 Å². The maximum atomic E-state index is 13.6. The van der Waals surface area contributed by atoms with Gasteiger partial charge < -0.3 is 5.32 Å². The molecule has 0 saturated carbocycles. The Kier molecular flexibility index (Phi) is 6.82. The summed E-state index contributed by atoms with van der Waals surface area (Å²) in [6, 6.07) is -0.142. The monoisotopic (exact) mass is 575 g/mol. The van der Waals surface area contributed by atoms with Crippen molar-refractivity contribution in [2.45, 2.75) is 18.5 Å². The Bertz CT molecular complexity index is 1150. The number of halogens is 11. The van der Waals surface area contributed by atoms with Crippen molar-refractivity contribution >= 4 is 50.3 Å². The Morgan fingerprint density at radius 3 is 1.70 bits per heavy atom. The summed E-state index contributed by atoms with van der Waals surface area (Å²) in [4.78, 5) is 19.1. The highest BCUT2D eigenvalue weighted by molar-refractivity contribution is 9.10. The van der Waals surface area contributed by atoms with Crippen molar-refractivity contribution in [3.05, 3.63) is 64.6 Å². The molecular weight excluding hydrogens is 573 g/mol. The minimum atomic E-state index is -5.68. The summed E-state index contributed by atoms with van der Waals surface area (Å²) in [7, 11) is 0. The molecular formula is C15H4BrClF9N3O4. The second-order valence-corrected chi connectivity index (χ2v) is 7.22. The van der Waals surface area contributed by atoms with E-state index in [4.69, 9.17) is 11.6 Å². The Balaban J connectivity index is 2.97. The van der Waals surface area contributed by atoms with Crippen LogP contribution < -0.4 is 5.32 Å². The Morgan fingerprint density at radius 1 is 0.788 bits per heavy atom. The van der Waals surface area contributed by atoms with Crippen LogP contribution in [0.4, 0.5) is 62.3 Å². The summed E-state index contributed by atoms with van der Waals surface area (Å²) in [6.07, 6.45) is -16.7. The van der Waals surface area contributed by atoms with E-state index in [1.165, 1.54) is 5.32 Å². The van der Waals surface area contributed by atoms with Gasteiger partial charge in [0.15, 0.2) is 0 Å². The molecule has 0 heterocycles. The highest BCUT2D eigenvalue weighted by Crippen LogP contribution is 2.51. The number of nitro groups is 2. The van der Waals surface area contributed by atoms with E-state index >= 15 is 0 Å². The van der Waals surface area contributed by atoms with Crippen LogP contribution in [-0.4, -0.2) is 9.85 Å². The van der Waals surface area contributed by atoms with Gasteiger partial charge in [-0.1, -0.05) is 11.6 Å². The molecule has 2 aromatic carbocycles. The van der Waals surface area contributed by atoms with Crippen molar-refractivity contribution in [1.82, 2.24) is 0 Å². The van der Waals surface area contributed by atoms with Gasteiger partial charge in [0, 0.05) is 10.5 Å². The van der Waals surface area contributed by atoms with E-state index in [1.807, 2.05) is 0 Å². The van der Waals surface area contributed by atoms with Crippen LogP contribution >= 0.6 is 27.5 Å².